The van der Waals surface area contributed by atoms with Gasteiger partial charge in [0.2, 0.25) is 0 Å². The zero-order chi connectivity index (χ0) is 20.5. The molecule has 1 saturated heterocycles. The van der Waals surface area contributed by atoms with Gasteiger partial charge in [-0.2, -0.15) is 0 Å². The van der Waals surface area contributed by atoms with E-state index in [0.717, 1.165) is 4.47 Å². The first kappa shape index (κ1) is 19.0. The van der Waals surface area contributed by atoms with Gasteiger partial charge in [-0.15, -0.1) is 0 Å². The van der Waals surface area contributed by atoms with Crippen LogP contribution in [0.25, 0.3) is 17.4 Å². The Labute approximate surface area is 178 Å². The van der Waals surface area contributed by atoms with E-state index in [-0.39, 0.29) is 22.4 Å². The average molecular weight is 470 g/mol. The molecule has 1 aliphatic heterocycles. The van der Waals surface area contributed by atoms with Gasteiger partial charge in [0.1, 0.15) is 17.2 Å². The second-order valence-electron chi connectivity index (χ2n) is 6.08. The lowest BCUT2D eigenvalue weighted by Gasteiger charge is -2.13. The maximum atomic E-state index is 12.8. The van der Waals surface area contributed by atoms with Crippen molar-refractivity contribution in [3.63, 3.8) is 0 Å². The maximum Gasteiger partial charge on any atom is 0.281 e. The van der Waals surface area contributed by atoms with Crippen LogP contribution in [-0.4, -0.2) is 15.9 Å². The Morgan fingerprint density at radius 1 is 1.10 bits per heavy atom. The standard InChI is InChI=1S/C20H12BrN3O4S/c21-12-5-7-13(8-6-12)23-19(25)16(22-20(23)29)11-14-9-10-18(28-14)15-3-1-2-4-17(15)24(26)27/h1-11H,(H,22,29)/b16-11-. The number of furan rings is 1. The van der Waals surface area contributed by atoms with Crippen LogP contribution >= 0.6 is 28.1 Å². The number of nitrogens with one attached hydrogen (secondary N) is 1. The molecule has 0 radical (unpaired) electrons. The number of rotatable bonds is 4. The topological polar surface area (TPSA) is 88.6 Å². The maximum absolute atomic E-state index is 12.8. The molecule has 2 heterocycles. The number of anilines is 1. The molecule has 29 heavy (non-hydrogen) atoms. The molecule has 1 fully saturated rings. The van der Waals surface area contributed by atoms with Crippen LogP contribution in [0.5, 0.6) is 0 Å². The van der Waals surface area contributed by atoms with E-state index in [9.17, 15) is 14.9 Å². The van der Waals surface area contributed by atoms with Gasteiger partial charge in [-0.25, -0.2) is 0 Å². The van der Waals surface area contributed by atoms with E-state index in [1.165, 1.54) is 17.0 Å². The highest BCUT2D eigenvalue weighted by Gasteiger charge is 2.32. The van der Waals surface area contributed by atoms with Crippen LogP contribution in [0.3, 0.4) is 0 Å². The highest BCUT2D eigenvalue weighted by Crippen LogP contribution is 2.32. The second kappa shape index (κ2) is 7.61. The van der Waals surface area contributed by atoms with Gasteiger partial charge in [-0.3, -0.25) is 19.8 Å². The third kappa shape index (κ3) is 3.69. The third-order valence-electron chi connectivity index (χ3n) is 4.24. The fraction of sp³-hybridized carbons (Fsp3) is 0. The van der Waals surface area contributed by atoms with Crippen molar-refractivity contribution in [2.45, 2.75) is 0 Å². The predicted octanol–water partition coefficient (Wildman–Crippen LogP) is 4.88. The fourth-order valence-electron chi connectivity index (χ4n) is 2.92. The van der Waals surface area contributed by atoms with Gasteiger partial charge in [-0.1, -0.05) is 28.1 Å². The Hall–Kier alpha value is -3.30. The second-order valence-corrected chi connectivity index (χ2v) is 7.38. The highest BCUT2D eigenvalue weighted by molar-refractivity contribution is 9.10. The van der Waals surface area contributed by atoms with E-state index in [0.29, 0.717) is 22.8 Å². The largest absolute Gasteiger partial charge is 0.456 e. The lowest BCUT2D eigenvalue weighted by molar-refractivity contribution is -0.384. The zero-order valence-corrected chi connectivity index (χ0v) is 17.1. The SMILES string of the molecule is O=C1/C(=C/c2ccc(-c3ccccc3[N+](=O)[O-])o2)NC(=S)N1c1ccc(Br)cc1. The van der Waals surface area contributed by atoms with E-state index < -0.39 is 4.92 Å². The average Bonchev–Trinajstić information content (AvgIpc) is 3.27. The Morgan fingerprint density at radius 3 is 2.55 bits per heavy atom. The van der Waals surface area contributed by atoms with Crippen LogP contribution in [-0.2, 0) is 4.79 Å². The summed E-state index contributed by atoms with van der Waals surface area (Å²) in [5.74, 6) is 0.386. The minimum atomic E-state index is -0.466. The molecule has 0 atom stereocenters. The lowest BCUT2D eigenvalue weighted by atomic mass is 10.1. The van der Waals surface area contributed by atoms with Gasteiger partial charge in [0.15, 0.2) is 5.11 Å². The Balaban J connectivity index is 1.63. The quantitative estimate of drug-likeness (QED) is 0.253. The van der Waals surface area contributed by atoms with Crippen molar-refractivity contribution >= 4 is 56.6 Å². The Kier molecular flexibility index (Phi) is 4.99. The van der Waals surface area contributed by atoms with Gasteiger partial charge in [0, 0.05) is 16.6 Å². The molecule has 1 N–H and O–H groups in total. The van der Waals surface area contributed by atoms with Crippen molar-refractivity contribution in [3.05, 3.63) is 86.7 Å². The number of carbonyl (C=O) groups excluding carboxylic acids is 1. The van der Waals surface area contributed by atoms with Crippen molar-refractivity contribution < 1.29 is 14.1 Å². The zero-order valence-electron chi connectivity index (χ0n) is 14.7. The molecular weight excluding hydrogens is 458 g/mol. The van der Waals surface area contributed by atoms with Crippen LogP contribution in [0, 0.1) is 10.1 Å². The molecule has 2 aromatic carbocycles. The number of hydrogen-bond donors (Lipinski definition) is 1. The van der Waals surface area contributed by atoms with Gasteiger partial charge in [-0.05, 0) is 54.7 Å². The molecule has 1 aliphatic rings. The van der Waals surface area contributed by atoms with Gasteiger partial charge in [0.05, 0.1) is 16.2 Å². The van der Waals surface area contributed by atoms with Gasteiger partial charge >= 0.3 is 0 Å². The summed E-state index contributed by atoms with van der Waals surface area (Å²) >= 11 is 8.65. The summed E-state index contributed by atoms with van der Waals surface area (Å²) in [4.78, 5) is 24.9. The number of nitro benzene ring substituents is 1. The van der Waals surface area contributed by atoms with Crippen LogP contribution < -0.4 is 10.2 Å². The summed E-state index contributed by atoms with van der Waals surface area (Å²) < 4.78 is 6.61. The van der Waals surface area contributed by atoms with E-state index in [2.05, 4.69) is 21.2 Å². The molecule has 0 bridgehead atoms. The summed E-state index contributed by atoms with van der Waals surface area (Å²) in [6.45, 7) is 0. The number of halogens is 1. The summed E-state index contributed by atoms with van der Waals surface area (Å²) in [5.41, 5.74) is 1.19. The molecule has 144 valence electrons. The minimum Gasteiger partial charge on any atom is -0.456 e. The molecule has 4 rings (SSSR count). The van der Waals surface area contributed by atoms with E-state index in [1.807, 2.05) is 12.1 Å². The van der Waals surface area contributed by atoms with Crippen molar-refractivity contribution in [2.24, 2.45) is 0 Å². The molecule has 0 spiro atoms. The fourth-order valence-corrected chi connectivity index (χ4v) is 3.48. The van der Waals surface area contributed by atoms with Crippen LogP contribution in [0.2, 0.25) is 0 Å². The molecule has 0 unspecified atom stereocenters. The molecule has 0 saturated carbocycles. The molecule has 7 nitrogen and oxygen atoms in total. The van der Waals surface area contributed by atoms with Gasteiger partial charge in [0.25, 0.3) is 11.6 Å². The number of nitro groups is 1. The first-order valence-corrected chi connectivity index (χ1v) is 9.60. The Bertz CT molecular complexity index is 1170. The molecule has 1 aromatic heterocycles. The first-order chi connectivity index (χ1) is 13.9. The summed E-state index contributed by atoms with van der Waals surface area (Å²) in [7, 11) is 0. The van der Waals surface area contributed by atoms with Crippen LogP contribution in [0.4, 0.5) is 11.4 Å². The molecule has 1 amide bonds. The summed E-state index contributed by atoms with van der Waals surface area (Å²) in [6, 6.07) is 16.8. The monoisotopic (exact) mass is 469 g/mol. The minimum absolute atomic E-state index is 0.0567. The molecule has 0 aliphatic carbocycles. The van der Waals surface area contributed by atoms with E-state index >= 15 is 0 Å². The molecule has 9 heteroatoms. The normalized spacial score (nSPS) is 15.1. The first-order valence-electron chi connectivity index (χ1n) is 8.40. The number of amides is 1. The summed E-state index contributed by atoms with van der Waals surface area (Å²) in [5, 5.41) is 14.4. The number of hydrogen-bond acceptors (Lipinski definition) is 5. The third-order valence-corrected chi connectivity index (χ3v) is 5.06. The predicted molar refractivity (Wildman–Crippen MR) is 116 cm³/mol. The Morgan fingerprint density at radius 2 is 1.83 bits per heavy atom. The van der Waals surface area contributed by atoms with Crippen molar-refractivity contribution in [1.82, 2.24) is 5.32 Å². The number of nitrogens with zero attached hydrogens (tertiary/aromatic N) is 2. The van der Waals surface area contributed by atoms with Crippen molar-refractivity contribution in [2.75, 3.05) is 4.90 Å². The van der Waals surface area contributed by atoms with Crippen LogP contribution in [0.1, 0.15) is 5.76 Å². The van der Waals surface area contributed by atoms with Gasteiger partial charge < -0.3 is 9.73 Å². The number of para-hydroxylation sites is 1. The lowest BCUT2D eigenvalue weighted by Crippen LogP contribution is -2.30. The number of benzene rings is 2. The molecule has 3 aromatic rings. The number of carbonyl (C=O) groups is 1. The highest BCUT2D eigenvalue weighted by atomic mass is 79.9. The van der Waals surface area contributed by atoms with Crippen molar-refractivity contribution in [1.29, 1.82) is 0 Å². The smallest absolute Gasteiger partial charge is 0.281 e. The van der Waals surface area contributed by atoms with Crippen LogP contribution in [0.15, 0.2) is 75.3 Å². The van der Waals surface area contributed by atoms with E-state index in [4.69, 9.17) is 16.6 Å². The van der Waals surface area contributed by atoms with Crippen molar-refractivity contribution in [3.8, 4) is 11.3 Å². The molecular formula is C20H12BrN3O4S. The number of thiocarbonyl (C=S) groups is 1. The van der Waals surface area contributed by atoms with E-state index in [1.54, 1.807) is 42.5 Å². The summed E-state index contributed by atoms with van der Waals surface area (Å²) in [6.07, 6.45) is 1.52.